The zero-order chi connectivity index (χ0) is 7.68. The molecule has 0 aromatic heterocycles. The number of aromatic amines is 1. The van der Waals surface area contributed by atoms with E-state index >= 15 is 0 Å². The fourth-order valence-electron chi connectivity index (χ4n) is 1.04. The van der Waals surface area contributed by atoms with Gasteiger partial charge in [0.2, 0.25) is 0 Å². The summed E-state index contributed by atoms with van der Waals surface area (Å²) in [6.45, 7) is 0. The Kier molecular flexibility index (Phi) is 1.22. The molecule has 2 rings (SSSR count). The van der Waals surface area contributed by atoms with Crippen molar-refractivity contribution in [1.29, 1.82) is 0 Å². The third-order valence-corrected chi connectivity index (χ3v) is 1.52. The molecule has 0 radical (unpaired) electrons. The van der Waals surface area contributed by atoms with Crippen molar-refractivity contribution in [2.24, 2.45) is 0 Å². The molecule has 0 saturated carbocycles. The van der Waals surface area contributed by atoms with E-state index in [4.69, 9.17) is 5.73 Å². The lowest BCUT2D eigenvalue weighted by molar-refractivity contribution is -0.344. The van der Waals surface area contributed by atoms with Crippen LogP contribution in [0.15, 0.2) is 30.3 Å². The van der Waals surface area contributed by atoms with Crippen LogP contribution in [0, 0.1) is 0 Å². The molecule has 3 heteroatoms. The summed E-state index contributed by atoms with van der Waals surface area (Å²) in [6, 6.07) is 9.69. The van der Waals surface area contributed by atoms with E-state index in [1.54, 1.807) is 0 Å². The lowest BCUT2D eigenvalue weighted by atomic mass is 10.3. The number of rotatable bonds is 0. The fourth-order valence-corrected chi connectivity index (χ4v) is 1.04. The van der Waals surface area contributed by atoms with Crippen LogP contribution in [0.25, 0.3) is 11.4 Å². The monoisotopic (exact) mass is 146 g/mol. The minimum Gasteiger partial charge on any atom is -0.287 e. The molecule has 0 saturated heterocycles. The van der Waals surface area contributed by atoms with Gasteiger partial charge in [0.15, 0.2) is 5.69 Å². The fraction of sp³-hybridized carbons (Fsp3) is 0. The van der Waals surface area contributed by atoms with Gasteiger partial charge in [-0.3, -0.25) is 5.73 Å². The van der Waals surface area contributed by atoms with Crippen LogP contribution in [0.4, 0.5) is 5.95 Å². The van der Waals surface area contributed by atoms with Gasteiger partial charge in [0.05, 0.1) is 0 Å². The number of nitrogen functional groups attached to an aromatic ring is 1. The highest BCUT2D eigenvalue weighted by Gasteiger charge is 2.11. The molecule has 0 unspecified atom stereocenters. The first-order valence-electron chi connectivity index (χ1n) is 3.40. The summed E-state index contributed by atoms with van der Waals surface area (Å²) >= 11 is 0. The number of nitrogens with zero attached hydrogens (tertiary/aromatic N) is 1. The Morgan fingerprint density at radius 3 is 2.91 bits per heavy atom. The Bertz CT molecular complexity index is 315. The van der Waals surface area contributed by atoms with Crippen LogP contribution in [0.1, 0.15) is 0 Å². The molecule has 2 aliphatic rings. The van der Waals surface area contributed by atoms with E-state index in [1.165, 1.54) is 0 Å². The topological polar surface area (TPSA) is 53.0 Å². The number of nitrogens with two attached hydrogens (primary N) is 1. The maximum atomic E-state index is 5.46. The molecular formula is C8H8N3+. The van der Waals surface area contributed by atoms with Crippen LogP contribution in [0.2, 0.25) is 0 Å². The Balaban J connectivity index is 2.73. The van der Waals surface area contributed by atoms with E-state index < -0.39 is 0 Å². The van der Waals surface area contributed by atoms with Gasteiger partial charge in [0.25, 0.3) is 0 Å². The quantitative estimate of drug-likeness (QED) is 0.591. The Hall–Kier alpha value is -1.64. The molecule has 11 heavy (non-hydrogen) atoms. The number of nitrogens with one attached hydrogen (secondary N) is 1. The van der Waals surface area contributed by atoms with Crippen molar-refractivity contribution in [3.8, 4) is 11.4 Å². The minimum absolute atomic E-state index is 0.464. The highest BCUT2D eigenvalue weighted by Crippen LogP contribution is 2.12. The van der Waals surface area contributed by atoms with Gasteiger partial charge in [-0.05, 0) is 12.1 Å². The van der Waals surface area contributed by atoms with Gasteiger partial charge in [-0.15, -0.1) is 0 Å². The lowest BCUT2D eigenvalue weighted by Gasteiger charge is -1.76. The molecular weight excluding hydrogens is 138 g/mol. The summed E-state index contributed by atoms with van der Waals surface area (Å²) in [5.41, 5.74) is 7.33. The van der Waals surface area contributed by atoms with Crippen LogP contribution in [-0.2, 0) is 0 Å². The van der Waals surface area contributed by atoms with Gasteiger partial charge >= 0.3 is 5.95 Å². The molecule has 0 aromatic rings. The van der Waals surface area contributed by atoms with Gasteiger partial charge in [-0.2, -0.15) is 0 Å². The average molecular weight is 146 g/mol. The first-order valence-corrected chi connectivity index (χ1v) is 3.40. The average Bonchev–Trinajstić information content (AvgIpc) is 2.17. The van der Waals surface area contributed by atoms with Gasteiger partial charge in [-0.25, -0.2) is 4.98 Å². The molecule has 1 aliphatic heterocycles. The second kappa shape index (κ2) is 2.20. The highest BCUT2D eigenvalue weighted by molar-refractivity contribution is 5.52. The second-order valence-electron chi connectivity index (χ2n) is 2.33. The summed E-state index contributed by atoms with van der Waals surface area (Å²) in [4.78, 5) is 7.02. The SMILES string of the molecule is Nc1nc2cccccc-2[nH+]1. The number of imidazole rings is 1. The van der Waals surface area contributed by atoms with E-state index in [1.807, 2.05) is 30.3 Å². The van der Waals surface area contributed by atoms with Gasteiger partial charge in [0, 0.05) is 0 Å². The molecule has 0 aromatic carbocycles. The number of aromatic nitrogens is 2. The van der Waals surface area contributed by atoms with Gasteiger partial charge < -0.3 is 0 Å². The standard InChI is InChI=1S/C8H7N3/c9-8-10-6-4-2-1-3-5-7(6)11-8/h1-5H,(H2,9,10,11)/p+1. The molecule has 3 nitrogen and oxygen atoms in total. The van der Waals surface area contributed by atoms with Crippen LogP contribution in [-0.4, -0.2) is 4.98 Å². The van der Waals surface area contributed by atoms with E-state index in [0.717, 1.165) is 11.4 Å². The molecule has 1 heterocycles. The van der Waals surface area contributed by atoms with Crippen molar-refractivity contribution in [2.45, 2.75) is 0 Å². The lowest BCUT2D eigenvalue weighted by Crippen LogP contribution is -2.05. The van der Waals surface area contributed by atoms with Crippen molar-refractivity contribution in [3.05, 3.63) is 30.3 Å². The van der Waals surface area contributed by atoms with Crippen LogP contribution >= 0.6 is 0 Å². The van der Waals surface area contributed by atoms with Crippen molar-refractivity contribution >= 4 is 5.95 Å². The smallest absolute Gasteiger partial charge is 0.287 e. The van der Waals surface area contributed by atoms with Crippen molar-refractivity contribution in [3.63, 3.8) is 0 Å². The van der Waals surface area contributed by atoms with Crippen molar-refractivity contribution in [2.75, 3.05) is 5.73 Å². The Morgan fingerprint density at radius 2 is 2.00 bits per heavy atom. The molecule has 54 valence electrons. The second-order valence-corrected chi connectivity index (χ2v) is 2.33. The third kappa shape index (κ3) is 1.00. The van der Waals surface area contributed by atoms with Crippen molar-refractivity contribution in [1.82, 2.24) is 4.98 Å². The molecule has 0 amide bonds. The molecule has 1 aliphatic carbocycles. The molecule has 0 fully saturated rings. The summed E-state index contributed by atoms with van der Waals surface area (Å²) in [5.74, 6) is 0.464. The molecule has 0 bridgehead atoms. The van der Waals surface area contributed by atoms with Crippen LogP contribution in [0.3, 0.4) is 0 Å². The zero-order valence-corrected chi connectivity index (χ0v) is 5.91. The normalized spacial score (nSPS) is 10.2. The summed E-state index contributed by atoms with van der Waals surface area (Å²) in [7, 11) is 0. The minimum atomic E-state index is 0.464. The molecule has 3 N–H and O–H groups in total. The summed E-state index contributed by atoms with van der Waals surface area (Å²) < 4.78 is 0. The zero-order valence-electron chi connectivity index (χ0n) is 5.91. The van der Waals surface area contributed by atoms with E-state index in [2.05, 4.69) is 9.97 Å². The number of H-pyrrole nitrogens is 1. The number of anilines is 1. The number of hydrogen-bond acceptors (Lipinski definition) is 2. The van der Waals surface area contributed by atoms with E-state index in [0.29, 0.717) is 5.95 Å². The van der Waals surface area contributed by atoms with Crippen LogP contribution < -0.4 is 10.7 Å². The summed E-state index contributed by atoms with van der Waals surface area (Å²) in [6.07, 6.45) is 0. The maximum Gasteiger partial charge on any atom is 0.388 e. The largest absolute Gasteiger partial charge is 0.388 e. The first-order chi connectivity index (χ1) is 5.36. The maximum absolute atomic E-state index is 5.46. The predicted octanol–water partition coefficient (Wildman–Crippen LogP) is 0.583. The number of fused-ring (bicyclic) bond motifs is 1. The van der Waals surface area contributed by atoms with Crippen LogP contribution in [0.5, 0.6) is 0 Å². The molecule has 0 spiro atoms. The third-order valence-electron chi connectivity index (χ3n) is 1.52. The highest BCUT2D eigenvalue weighted by atomic mass is 15.0. The van der Waals surface area contributed by atoms with Gasteiger partial charge in [0.1, 0.15) is 5.69 Å². The first kappa shape index (κ1) is 6.09. The summed E-state index contributed by atoms with van der Waals surface area (Å²) in [5, 5.41) is 0. The van der Waals surface area contributed by atoms with E-state index in [-0.39, 0.29) is 0 Å². The predicted molar refractivity (Wildman–Crippen MR) is 41.8 cm³/mol. The van der Waals surface area contributed by atoms with Gasteiger partial charge in [-0.1, -0.05) is 23.2 Å². The van der Waals surface area contributed by atoms with E-state index in [9.17, 15) is 0 Å². The number of hydrogen-bond donors (Lipinski definition) is 1. The Morgan fingerprint density at radius 1 is 1.18 bits per heavy atom. The molecule has 0 atom stereocenters. The Labute approximate surface area is 64.2 Å². The van der Waals surface area contributed by atoms with Crippen molar-refractivity contribution < 1.29 is 4.98 Å².